The van der Waals surface area contributed by atoms with Crippen molar-refractivity contribution in [2.45, 2.75) is 39.3 Å². The summed E-state index contributed by atoms with van der Waals surface area (Å²) in [7, 11) is 1.90. The molecule has 0 bridgehead atoms. The predicted molar refractivity (Wildman–Crippen MR) is 90.2 cm³/mol. The molecule has 0 spiro atoms. The van der Waals surface area contributed by atoms with Crippen molar-refractivity contribution in [2.75, 3.05) is 19.6 Å². The van der Waals surface area contributed by atoms with Crippen molar-refractivity contribution in [1.29, 1.82) is 0 Å². The Bertz CT molecular complexity index is 666. The van der Waals surface area contributed by atoms with E-state index in [9.17, 15) is 0 Å². The Morgan fingerprint density at radius 3 is 3.05 bits per heavy atom. The zero-order valence-corrected chi connectivity index (χ0v) is 14.3. The Hall–Kier alpha value is -1.17. The minimum absolute atomic E-state index is 0.571. The number of aryl methyl sites for hydroxylation is 2. The summed E-state index contributed by atoms with van der Waals surface area (Å²) < 4.78 is 1.78. The van der Waals surface area contributed by atoms with Crippen molar-refractivity contribution in [3.05, 3.63) is 22.5 Å². The molecule has 1 aliphatic rings. The van der Waals surface area contributed by atoms with Crippen molar-refractivity contribution >= 4 is 22.6 Å². The number of likely N-dealkylation sites (N-methyl/N-ethyl adjacent to an activating group) is 1. The van der Waals surface area contributed by atoms with Gasteiger partial charge in [-0.1, -0.05) is 18.5 Å². The van der Waals surface area contributed by atoms with Crippen molar-refractivity contribution in [3.63, 3.8) is 0 Å². The lowest BCUT2D eigenvalue weighted by molar-refractivity contribution is 0.260. The van der Waals surface area contributed by atoms with Crippen LogP contribution in [0.3, 0.4) is 0 Å². The molecule has 1 fully saturated rings. The van der Waals surface area contributed by atoms with Crippen LogP contribution in [0.4, 0.5) is 0 Å². The molecule has 0 aromatic carbocycles. The minimum Gasteiger partial charge on any atom is -0.311 e. The summed E-state index contributed by atoms with van der Waals surface area (Å²) in [6.45, 7) is 8.37. The number of rotatable bonds is 5. The maximum atomic E-state index is 6.33. The zero-order valence-electron chi connectivity index (χ0n) is 13.6. The number of fused-ring (bicyclic) bond motifs is 1. The van der Waals surface area contributed by atoms with Crippen molar-refractivity contribution in [3.8, 4) is 0 Å². The number of nitrogens with one attached hydrogen (secondary N) is 1. The number of hydrogen-bond acceptors (Lipinski definition) is 4. The molecule has 6 heteroatoms. The number of likely N-dealkylation sites (tertiary alicyclic amines) is 1. The van der Waals surface area contributed by atoms with Gasteiger partial charge in [0.15, 0.2) is 5.65 Å². The van der Waals surface area contributed by atoms with Crippen LogP contribution >= 0.6 is 11.6 Å². The van der Waals surface area contributed by atoms with Gasteiger partial charge in [-0.05, 0) is 38.9 Å². The third-order valence-corrected chi connectivity index (χ3v) is 4.95. The highest BCUT2D eigenvalue weighted by atomic mass is 35.5. The fourth-order valence-corrected chi connectivity index (χ4v) is 3.60. The Morgan fingerprint density at radius 2 is 2.27 bits per heavy atom. The van der Waals surface area contributed by atoms with Crippen LogP contribution in [-0.4, -0.2) is 45.3 Å². The molecular weight excluding hydrogens is 298 g/mol. The van der Waals surface area contributed by atoms with Gasteiger partial charge in [0.05, 0.1) is 5.69 Å². The van der Waals surface area contributed by atoms with Crippen molar-refractivity contribution in [2.24, 2.45) is 7.05 Å². The molecule has 120 valence electrons. The lowest BCUT2D eigenvalue weighted by atomic mass is 10.2. The smallest absolute Gasteiger partial charge is 0.159 e. The molecule has 1 saturated heterocycles. The largest absolute Gasteiger partial charge is 0.311 e. The first-order chi connectivity index (χ1) is 10.6. The van der Waals surface area contributed by atoms with E-state index in [0.717, 1.165) is 41.9 Å². The third kappa shape index (κ3) is 2.98. The number of hydrogen-bond donors (Lipinski definition) is 1. The molecule has 0 unspecified atom stereocenters. The van der Waals surface area contributed by atoms with Crippen LogP contribution in [0.1, 0.15) is 31.0 Å². The van der Waals surface area contributed by atoms with Gasteiger partial charge in [0, 0.05) is 37.1 Å². The second-order valence-electron chi connectivity index (χ2n) is 6.07. The molecule has 0 aliphatic carbocycles. The van der Waals surface area contributed by atoms with Gasteiger partial charge in [-0.25, -0.2) is 4.98 Å². The molecule has 1 atom stereocenters. The standard InChI is InChI=1S/C16H24ClN5/c1-4-22-7-5-6-13(22)10-18-9-12-8-14-11(2)20-21(3)16(14)19-15(12)17/h8,13,18H,4-7,9-10H2,1-3H3/t13-/m1/s1. The first-order valence-electron chi connectivity index (χ1n) is 8.03. The SMILES string of the molecule is CCN1CCC[C@@H]1CNCc1cc2c(C)nn(C)c2nc1Cl. The molecule has 0 radical (unpaired) electrons. The highest BCUT2D eigenvalue weighted by Gasteiger charge is 2.22. The van der Waals surface area contributed by atoms with Crippen molar-refractivity contribution < 1.29 is 0 Å². The monoisotopic (exact) mass is 321 g/mol. The summed E-state index contributed by atoms with van der Waals surface area (Å²) in [5, 5.41) is 9.61. The van der Waals surface area contributed by atoms with Crippen LogP contribution in [0.5, 0.6) is 0 Å². The van der Waals surface area contributed by atoms with Gasteiger partial charge < -0.3 is 5.32 Å². The van der Waals surface area contributed by atoms with Gasteiger partial charge in [0.2, 0.25) is 0 Å². The molecular formula is C16H24ClN5. The Morgan fingerprint density at radius 1 is 1.45 bits per heavy atom. The highest BCUT2D eigenvalue weighted by Crippen LogP contribution is 2.23. The first-order valence-corrected chi connectivity index (χ1v) is 8.41. The number of pyridine rings is 1. The molecule has 3 heterocycles. The minimum atomic E-state index is 0.571. The van der Waals surface area contributed by atoms with E-state index >= 15 is 0 Å². The van der Waals surface area contributed by atoms with Gasteiger partial charge in [-0.2, -0.15) is 5.10 Å². The van der Waals surface area contributed by atoms with Crippen LogP contribution in [0.25, 0.3) is 11.0 Å². The quantitative estimate of drug-likeness (QED) is 0.860. The first kappa shape index (κ1) is 15.7. The number of nitrogens with zero attached hydrogens (tertiary/aromatic N) is 4. The Labute approximate surface area is 136 Å². The molecule has 0 saturated carbocycles. The van der Waals surface area contributed by atoms with E-state index in [2.05, 4.69) is 33.3 Å². The van der Waals surface area contributed by atoms with Crippen LogP contribution < -0.4 is 5.32 Å². The summed E-state index contributed by atoms with van der Waals surface area (Å²) in [6, 6.07) is 2.77. The topological polar surface area (TPSA) is 46.0 Å². The molecule has 2 aromatic heterocycles. The van der Waals surface area contributed by atoms with E-state index in [1.807, 2.05) is 14.0 Å². The maximum absolute atomic E-state index is 6.33. The summed E-state index contributed by atoms with van der Waals surface area (Å²) in [5.74, 6) is 0. The van der Waals surface area contributed by atoms with Crippen LogP contribution in [0.2, 0.25) is 5.15 Å². The zero-order chi connectivity index (χ0) is 15.7. The average molecular weight is 322 g/mol. The Kier molecular flexibility index (Phi) is 4.66. The second kappa shape index (κ2) is 6.52. The van der Waals surface area contributed by atoms with Gasteiger partial charge in [0.25, 0.3) is 0 Å². The molecule has 2 aromatic rings. The van der Waals surface area contributed by atoms with Gasteiger partial charge in [-0.3, -0.25) is 9.58 Å². The highest BCUT2D eigenvalue weighted by molar-refractivity contribution is 6.30. The van der Waals surface area contributed by atoms with Crippen LogP contribution in [-0.2, 0) is 13.6 Å². The molecule has 1 N–H and O–H groups in total. The van der Waals surface area contributed by atoms with Gasteiger partial charge in [-0.15, -0.1) is 0 Å². The second-order valence-corrected chi connectivity index (χ2v) is 6.43. The lowest BCUT2D eigenvalue weighted by Gasteiger charge is -2.23. The van der Waals surface area contributed by atoms with E-state index in [0.29, 0.717) is 11.2 Å². The predicted octanol–water partition coefficient (Wildman–Crippen LogP) is 2.50. The fourth-order valence-electron chi connectivity index (χ4n) is 3.40. The average Bonchev–Trinajstić information content (AvgIpc) is 3.05. The van der Waals surface area contributed by atoms with E-state index in [1.165, 1.54) is 19.4 Å². The van der Waals surface area contributed by atoms with E-state index < -0.39 is 0 Å². The normalized spacial score (nSPS) is 19.4. The summed E-state index contributed by atoms with van der Waals surface area (Å²) in [4.78, 5) is 7.04. The molecule has 3 rings (SSSR count). The molecule has 22 heavy (non-hydrogen) atoms. The molecule has 0 amide bonds. The van der Waals surface area contributed by atoms with Crippen molar-refractivity contribution in [1.82, 2.24) is 25.0 Å². The van der Waals surface area contributed by atoms with Crippen LogP contribution in [0, 0.1) is 6.92 Å². The Balaban J connectivity index is 1.68. The lowest BCUT2D eigenvalue weighted by Crippen LogP contribution is -2.37. The van der Waals surface area contributed by atoms with E-state index in [1.54, 1.807) is 4.68 Å². The summed E-state index contributed by atoms with van der Waals surface area (Å²) in [5.41, 5.74) is 2.89. The molecule has 5 nitrogen and oxygen atoms in total. The summed E-state index contributed by atoms with van der Waals surface area (Å²) in [6.07, 6.45) is 2.59. The number of halogens is 1. The fraction of sp³-hybridized carbons (Fsp3) is 0.625. The van der Waals surface area contributed by atoms with Gasteiger partial charge in [0.1, 0.15) is 5.15 Å². The molecule has 1 aliphatic heterocycles. The van der Waals surface area contributed by atoms with Gasteiger partial charge >= 0.3 is 0 Å². The third-order valence-electron chi connectivity index (χ3n) is 4.63. The van der Waals surface area contributed by atoms with E-state index in [-0.39, 0.29) is 0 Å². The summed E-state index contributed by atoms with van der Waals surface area (Å²) >= 11 is 6.33. The number of aromatic nitrogens is 3. The maximum Gasteiger partial charge on any atom is 0.159 e. The van der Waals surface area contributed by atoms with E-state index in [4.69, 9.17) is 11.6 Å². The van der Waals surface area contributed by atoms with Crippen LogP contribution in [0.15, 0.2) is 6.07 Å².